The average molecular weight is 191 g/mol. The average Bonchev–Trinajstić information content (AvgIpc) is 2.70. The fraction of sp³-hybridized carbons (Fsp3) is 0.636. The molecule has 1 aromatic rings. The molecule has 2 rings (SSSR count). The standard InChI is InChI=1S/C11H17N3/c1-9-6-12-11(13-7-9)14-8-10-4-2-3-5-10/h6-7,10H,2-5,8H2,1H3,(H,12,13,14). The van der Waals surface area contributed by atoms with Crippen LogP contribution in [0.15, 0.2) is 12.4 Å². The number of aryl methyl sites for hydroxylation is 1. The summed E-state index contributed by atoms with van der Waals surface area (Å²) in [6.45, 7) is 3.03. The van der Waals surface area contributed by atoms with Gasteiger partial charge in [-0.05, 0) is 31.2 Å². The minimum atomic E-state index is 0.766. The predicted molar refractivity (Wildman–Crippen MR) is 57.2 cm³/mol. The normalized spacial score (nSPS) is 17.2. The first-order chi connectivity index (χ1) is 6.84. The summed E-state index contributed by atoms with van der Waals surface area (Å²) in [5, 5.41) is 3.29. The molecule has 0 atom stereocenters. The van der Waals surface area contributed by atoms with E-state index in [4.69, 9.17) is 0 Å². The molecule has 1 N–H and O–H groups in total. The van der Waals surface area contributed by atoms with Crippen LogP contribution in [0.1, 0.15) is 31.2 Å². The van der Waals surface area contributed by atoms with Crippen LogP contribution in [0, 0.1) is 12.8 Å². The fourth-order valence-electron chi connectivity index (χ4n) is 1.93. The molecule has 0 aromatic carbocycles. The van der Waals surface area contributed by atoms with Crippen LogP contribution in [0.3, 0.4) is 0 Å². The van der Waals surface area contributed by atoms with Crippen molar-refractivity contribution in [1.82, 2.24) is 9.97 Å². The lowest BCUT2D eigenvalue weighted by Gasteiger charge is -2.09. The molecular formula is C11H17N3. The van der Waals surface area contributed by atoms with Crippen molar-refractivity contribution in [3.05, 3.63) is 18.0 Å². The molecule has 76 valence electrons. The largest absolute Gasteiger partial charge is 0.354 e. The molecule has 3 nitrogen and oxygen atoms in total. The Balaban J connectivity index is 1.82. The van der Waals surface area contributed by atoms with Crippen LogP contribution in [-0.4, -0.2) is 16.5 Å². The molecule has 1 aromatic heterocycles. The number of hydrogen-bond donors (Lipinski definition) is 1. The van der Waals surface area contributed by atoms with Gasteiger partial charge in [-0.3, -0.25) is 0 Å². The zero-order chi connectivity index (χ0) is 9.80. The van der Waals surface area contributed by atoms with Gasteiger partial charge in [0.25, 0.3) is 0 Å². The third kappa shape index (κ3) is 2.44. The van der Waals surface area contributed by atoms with Gasteiger partial charge in [0.15, 0.2) is 0 Å². The van der Waals surface area contributed by atoms with Crippen LogP contribution in [0.2, 0.25) is 0 Å². The molecule has 0 unspecified atom stereocenters. The van der Waals surface area contributed by atoms with Crippen LogP contribution in [0.5, 0.6) is 0 Å². The summed E-state index contributed by atoms with van der Waals surface area (Å²) in [5.41, 5.74) is 1.11. The van der Waals surface area contributed by atoms with Gasteiger partial charge in [-0.25, -0.2) is 9.97 Å². The van der Waals surface area contributed by atoms with Crippen LogP contribution in [0.25, 0.3) is 0 Å². The third-order valence-electron chi connectivity index (χ3n) is 2.80. The maximum absolute atomic E-state index is 4.22. The Morgan fingerprint density at radius 3 is 2.57 bits per heavy atom. The van der Waals surface area contributed by atoms with E-state index in [-0.39, 0.29) is 0 Å². The van der Waals surface area contributed by atoms with Gasteiger partial charge in [0.1, 0.15) is 0 Å². The Morgan fingerprint density at radius 1 is 1.29 bits per heavy atom. The molecule has 1 aliphatic carbocycles. The van der Waals surface area contributed by atoms with E-state index in [1.165, 1.54) is 25.7 Å². The molecule has 1 fully saturated rings. The van der Waals surface area contributed by atoms with E-state index in [9.17, 15) is 0 Å². The van der Waals surface area contributed by atoms with E-state index >= 15 is 0 Å². The summed E-state index contributed by atoms with van der Waals surface area (Å²) in [7, 11) is 0. The highest BCUT2D eigenvalue weighted by Crippen LogP contribution is 2.24. The maximum atomic E-state index is 4.22. The van der Waals surface area contributed by atoms with E-state index in [1.807, 2.05) is 19.3 Å². The van der Waals surface area contributed by atoms with Gasteiger partial charge in [-0.1, -0.05) is 12.8 Å². The minimum absolute atomic E-state index is 0.766. The minimum Gasteiger partial charge on any atom is -0.354 e. The van der Waals surface area contributed by atoms with Crippen molar-refractivity contribution in [1.29, 1.82) is 0 Å². The lowest BCUT2D eigenvalue weighted by Crippen LogP contribution is -2.12. The first-order valence-electron chi connectivity index (χ1n) is 5.37. The second-order valence-corrected chi connectivity index (χ2v) is 4.12. The summed E-state index contributed by atoms with van der Waals surface area (Å²) in [6.07, 6.45) is 9.20. The van der Waals surface area contributed by atoms with Gasteiger partial charge in [0.2, 0.25) is 5.95 Å². The molecule has 0 amide bonds. The van der Waals surface area contributed by atoms with Crippen LogP contribution in [-0.2, 0) is 0 Å². The highest BCUT2D eigenvalue weighted by molar-refractivity contribution is 5.24. The van der Waals surface area contributed by atoms with E-state index in [1.54, 1.807) is 0 Å². The van der Waals surface area contributed by atoms with E-state index in [2.05, 4.69) is 15.3 Å². The summed E-state index contributed by atoms with van der Waals surface area (Å²) in [4.78, 5) is 8.43. The van der Waals surface area contributed by atoms with Gasteiger partial charge in [0.05, 0.1) is 0 Å². The second kappa shape index (κ2) is 4.40. The Hall–Kier alpha value is -1.12. The van der Waals surface area contributed by atoms with Gasteiger partial charge in [0, 0.05) is 18.9 Å². The van der Waals surface area contributed by atoms with Gasteiger partial charge in [-0.2, -0.15) is 0 Å². The third-order valence-corrected chi connectivity index (χ3v) is 2.80. The molecule has 14 heavy (non-hydrogen) atoms. The quantitative estimate of drug-likeness (QED) is 0.797. The molecule has 3 heteroatoms. The molecule has 0 aliphatic heterocycles. The molecule has 1 heterocycles. The molecule has 1 saturated carbocycles. The first-order valence-corrected chi connectivity index (χ1v) is 5.37. The highest BCUT2D eigenvalue weighted by Gasteiger charge is 2.14. The molecule has 0 bridgehead atoms. The van der Waals surface area contributed by atoms with Crippen molar-refractivity contribution in [2.45, 2.75) is 32.6 Å². The fourth-order valence-corrected chi connectivity index (χ4v) is 1.93. The van der Waals surface area contributed by atoms with Crippen LogP contribution in [0.4, 0.5) is 5.95 Å². The lowest BCUT2D eigenvalue weighted by molar-refractivity contribution is 0.577. The number of rotatable bonds is 3. The van der Waals surface area contributed by atoms with Gasteiger partial charge in [-0.15, -0.1) is 0 Å². The van der Waals surface area contributed by atoms with Crippen molar-refractivity contribution in [2.24, 2.45) is 5.92 Å². The Labute approximate surface area is 85.0 Å². The SMILES string of the molecule is Cc1cnc(NCC2CCCC2)nc1. The van der Waals surface area contributed by atoms with E-state index < -0.39 is 0 Å². The first kappa shape index (κ1) is 9.44. The number of hydrogen-bond acceptors (Lipinski definition) is 3. The number of nitrogens with one attached hydrogen (secondary N) is 1. The smallest absolute Gasteiger partial charge is 0.222 e. The Kier molecular flexibility index (Phi) is 2.96. The van der Waals surface area contributed by atoms with Gasteiger partial charge < -0.3 is 5.32 Å². The number of anilines is 1. The van der Waals surface area contributed by atoms with Crippen LogP contribution < -0.4 is 5.32 Å². The van der Waals surface area contributed by atoms with Crippen molar-refractivity contribution < 1.29 is 0 Å². The Bertz CT molecular complexity index is 275. The monoisotopic (exact) mass is 191 g/mol. The van der Waals surface area contributed by atoms with Crippen molar-refractivity contribution in [3.63, 3.8) is 0 Å². The zero-order valence-electron chi connectivity index (χ0n) is 8.66. The van der Waals surface area contributed by atoms with Crippen molar-refractivity contribution in [3.8, 4) is 0 Å². The molecule has 0 spiro atoms. The molecular weight excluding hydrogens is 174 g/mol. The van der Waals surface area contributed by atoms with Crippen LogP contribution >= 0.6 is 0 Å². The van der Waals surface area contributed by atoms with Crippen molar-refractivity contribution in [2.75, 3.05) is 11.9 Å². The molecule has 0 saturated heterocycles. The van der Waals surface area contributed by atoms with E-state index in [0.29, 0.717) is 0 Å². The lowest BCUT2D eigenvalue weighted by atomic mass is 10.1. The zero-order valence-corrected chi connectivity index (χ0v) is 8.66. The summed E-state index contributed by atoms with van der Waals surface area (Å²) >= 11 is 0. The maximum Gasteiger partial charge on any atom is 0.222 e. The summed E-state index contributed by atoms with van der Waals surface area (Å²) in [5.74, 6) is 1.60. The summed E-state index contributed by atoms with van der Waals surface area (Å²) < 4.78 is 0. The van der Waals surface area contributed by atoms with Gasteiger partial charge >= 0.3 is 0 Å². The Morgan fingerprint density at radius 2 is 1.93 bits per heavy atom. The topological polar surface area (TPSA) is 37.8 Å². The second-order valence-electron chi connectivity index (χ2n) is 4.12. The highest BCUT2D eigenvalue weighted by atomic mass is 15.1. The summed E-state index contributed by atoms with van der Waals surface area (Å²) in [6, 6.07) is 0. The number of aromatic nitrogens is 2. The predicted octanol–water partition coefficient (Wildman–Crippen LogP) is 2.39. The van der Waals surface area contributed by atoms with E-state index in [0.717, 1.165) is 24.0 Å². The molecule has 0 radical (unpaired) electrons. The van der Waals surface area contributed by atoms with Crippen molar-refractivity contribution >= 4 is 5.95 Å². The number of nitrogens with zero attached hydrogens (tertiary/aromatic N) is 2. The molecule has 1 aliphatic rings.